The lowest BCUT2D eigenvalue weighted by atomic mass is 9.93. The molecule has 0 saturated carbocycles. The number of carbonyl (C=O) groups is 1. The molecule has 3 rings (SSSR count). The van der Waals surface area contributed by atoms with Crippen molar-refractivity contribution in [1.29, 1.82) is 0 Å². The molecule has 150 valence electrons. The van der Waals surface area contributed by atoms with Crippen LogP contribution in [-0.2, 0) is 4.79 Å². The maximum Gasteiger partial charge on any atom is 0.238 e. The second kappa shape index (κ2) is 8.90. The van der Waals surface area contributed by atoms with Crippen LogP contribution >= 0.6 is 11.6 Å². The Morgan fingerprint density at radius 2 is 2.18 bits per heavy atom. The maximum atomic E-state index is 13.8. The van der Waals surface area contributed by atoms with Crippen molar-refractivity contribution in [3.8, 4) is 5.75 Å². The number of carbonyl (C=O) groups excluding carboxylic acids is 1. The molecule has 1 atom stereocenters. The number of anilines is 1. The Morgan fingerprint density at radius 3 is 2.96 bits per heavy atom. The number of β-amino-alcohol motifs (C(OH)–C–C–N with tert-alkyl or cyclic N) is 1. The number of hydrogen-bond acceptors (Lipinski definition) is 4. The molecule has 28 heavy (non-hydrogen) atoms. The molecule has 1 amide bonds. The minimum atomic E-state index is -1.06. The van der Waals surface area contributed by atoms with Crippen molar-refractivity contribution in [2.75, 3.05) is 31.6 Å². The normalized spacial score (nSPS) is 20.0. The number of likely N-dealkylation sites (tertiary alicyclic amines) is 1. The van der Waals surface area contributed by atoms with Crippen molar-refractivity contribution in [1.82, 2.24) is 4.90 Å². The third-order valence-corrected chi connectivity index (χ3v) is 4.94. The summed E-state index contributed by atoms with van der Waals surface area (Å²) >= 11 is 5.95. The number of piperidine rings is 1. The Morgan fingerprint density at radius 1 is 1.36 bits per heavy atom. The number of amides is 1. The Labute approximate surface area is 169 Å². The largest absolute Gasteiger partial charge is 0.490 e. The Hall–Kier alpha value is -2.15. The van der Waals surface area contributed by atoms with Crippen LogP contribution in [0.5, 0.6) is 5.75 Å². The molecular formula is C21H24ClFN2O3. The van der Waals surface area contributed by atoms with Crippen molar-refractivity contribution in [2.24, 2.45) is 0 Å². The van der Waals surface area contributed by atoms with Gasteiger partial charge in [0, 0.05) is 11.6 Å². The van der Waals surface area contributed by atoms with Crippen molar-refractivity contribution >= 4 is 23.2 Å². The zero-order valence-corrected chi connectivity index (χ0v) is 16.5. The first-order valence-electron chi connectivity index (χ1n) is 9.22. The number of aryl methyl sites for hydroxylation is 1. The number of nitrogens with one attached hydrogen (secondary N) is 1. The van der Waals surface area contributed by atoms with Crippen LogP contribution < -0.4 is 10.1 Å². The minimum Gasteiger partial charge on any atom is -0.490 e. The molecule has 2 N–H and O–H groups in total. The van der Waals surface area contributed by atoms with Crippen molar-refractivity contribution in [3.05, 3.63) is 58.9 Å². The molecule has 0 bridgehead atoms. The molecule has 7 heteroatoms. The van der Waals surface area contributed by atoms with E-state index < -0.39 is 11.4 Å². The van der Waals surface area contributed by atoms with Gasteiger partial charge in [-0.15, -0.1) is 0 Å². The third kappa shape index (κ3) is 5.67. The Balaban J connectivity index is 1.55. The fourth-order valence-corrected chi connectivity index (χ4v) is 3.54. The van der Waals surface area contributed by atoms with Gasteiger partial charge in [0.05, 0.1) is 12.2 Å². The van der Waals surface area contributed by atoms with Gasteiger partial charge in [-0.25, -0.2) is 4.39 Å². The molecule has 0 spiro atoms. The monoisotopic (exact) mass is 406 g/mol. The first-order valence-corrected chi connectivity index (χ1v) is 9.60. The van der Waals surface area contributed by atoms with Gasteiger partial charge < -0.3 is 15.2 Å². The number of benzene rings is 2. The Kier molecular flexibility index (Phi) is 6.54. The lowest BCUT2D eigenvalue weighted by Gasteiger charge is -2.38. The summed E-state index contributed by atoms with van der Waals surface area (Å²) in [4.78, 5) is 14.2. The molecule has 0 radical (unpaired) electrons. The van der Waals surface area contributed by atoms with Crippen molar-refractivity contribution in [2.45, 2.75) is 25.4 Å². The molecule has 1 heterocycles. The van der Waals surface area contributed by atoms with Crippen LogP contribution in [-0.4, -0.2) is 47.8 Å². The summed E-state index contributed by atoms with van der Waals surface area (Å²) in [6.07, 6.45) is 1.32. The molecule has 0 aromatic heterocycles. The molecule has 2 aromatic rings. The van der Waals surface area contributed by atoms with Gasteiger partial charge in [-0.1, -0.05) is 23.7 Å². The fourth-order valence-electron chi connectivity index (χ4n) is 3.36. The quantitative estimate of drug-likeness (QED) is 0.769. The zero-order chi connectivity index (χ0) is 20.1. The van der Waals surface area contributed by atoms with Crippen LogP contribution in [0, 0.1) is 12.7 Å². The van der Waals surface area contributed by atoms with E-state index in [1.165, 1.54) is 6.07 Å². The lowest BCUT2D eigenvalue weighted by Crippen LogP contribution is -2.53. The maximum absolute atomic E-state index is 13.8. The smallest absolute Gasteiger partial charge is 0.238 e. The minimum absolute atomic E-state index is 0.0762. The van der Waals surface area contributed by atoms with Crippen LogP contribution in [0.15, 0.2) is 42.5 Å². The highest BCUT2D eigenvalue weighted by Gasteiger charge is 2.34. The molecule has 1 saturated heterocycles. The number of ether oxygens (including phenoxy) is 1. The van der Waals surface area contributed by atoms with E-state index in [9.17, 15) is 14.3 Å². The average Bonchev–Trinajstić information content (AvgIpc) is 2.63. The van der Waals surface area contributed by atoms with E-state index in [-0.39, 0.29) is 24.7 Å². The van der Waals surface area contributed by atoms with Gasteiger partial charge in [0.2, 0.25) is 5.91 Å². The van der Waals surface area contributed by atoms with Crippen molar-refractivity contribution in [3.63, 3.8) is 0 Å². The van der Waals surface area contributed by atoms with Crippen LogP contribution in [0.4, 0.5) is 10.1 Å². The predicted molar refractivity (Wildman–Crippen MR) is 107 cm³/mol. The van der Waals surface area contributed by atoms with Gasteiger partial charge >= 0.3 is 0 Å². The van der Waals surface area contributed by atoms with E-state index in [2.05, 4.69) is 5.32 Å². The summed E-state index contributed by atoms with van der Waals surface area (Å²) in [6.45, 7) is 3.01. The molecule has 1 aliphatic rings. The van der Waals surface area contributed by atoms with Crippen LogP contribution in [0.2, 0.25) is 5.02 Å². The van der Waals surface area contributed by atoms with E-state index in [0.29, 0.717) is 30.3 Å². The molecule has 1 aliphatic heterocycles. The molecular weight excluding hydrogens is 383 g/mol. The van der Waals surface area contributed by atoms with Crippen molar-refractivity contribution < 1.29 is 19.0 Å². The summed E-state index contributed by atoms with van der Waals surface area (Å²) in [5.41, 5.74) is -0.0288. The highest BCUT2D eigenvalue weighted by atomic mass is 35.5. The molecule has 1 fully saturated rings. The average molecular weight is 407 g/mol. The summed E-state index contributed by atoms with van der Waals surface area (Å²) in [6, 6.07) is 11.6. The first kappa shape index (κ1) is 20.6. The Bertz CT molecular complexity index is 848. The topological polar surface area (TPSA) is 61.8 Å². The number of rotatable bonds is 6. The molecule has 5 nitrogen and oxygen atoms in total. The standard InChI is InChI=1S/C21H24ClFN2O3/c1-15-6-7-18(23)19(10-15)24-20(26)12-25-9-3-8-21(27,13-25)14-28-17-5-2-4-16(22)11-17/h2,4-7,10-11,27H,3,8-9,12-14H2,1H3,(H,24,26). The summed E-state index contributed by atoms with van der Waals surface area (Å²) < 4.78 is 19.5. The summed E-state index contributed by atoms with van der Waals surface area (Å²) in [5.74, 6) is -0.195. The van der Waals surface area contributed by atoms with Gasteiger partial charge in [-0.3, -0.25) is 9.69 Å². The lowest BCUT2D eigenvalue weighted by molar-refractivity contribution is -0.119. The second-order valence-corrected chi connectivity index (χ2v) is 7.75. The van der Waals surface area contributed by atoms with Gasteiger partial charge in [0.1, 0.15) is 23.8 Å². The summed E-state index contributed by atoms with van der Waals surface area (Å²) in [5, 5.41) is 14.0. The SMILES string of the molecule is Cc1ccc(F)c(NC(=O)CN2CCCC(O)(COc3cccc(Cl)c3)C2)c1. The third-order valence-electron chi connectivity index (χ3n) is 4.70. The predicted octanol–water partition coefficient (Wildman–Crippen LogP) is 3.63. The van der Waals surface area contributed by atoms with Crippen LogP contribution in [0.1, 0.15) is 18.4 Å². The number of aliphatic hydroxyl groups is 1. The van der Waals surface area contributed by atoms with E-state index in [0.717, 1.165) is 12.0 Å². The zero-order valence-electron chi connectivity index (χ0n) is 15.8. The molecule has 2 aromatic carbocycles. The first-order chi connectivity index (χ1) is 13.3. The second-order valence-electron chi connectivity index (χ2n) is 7.32. The highest BCUT2D eigenvalue weighted by molar-refractivity contribution is 6.30. The summed E-state index contributed by atoms with van der Waals surface area (Å²) in [7, 11) is 0. The van der Waals surface area contributed by atoms with E-state index in [4.69, 9.17) is 16.3 Å². The van der Waals surface area contributed by atoms with E-state index in [1.807, 2.05) is 11.8 Å². The molecule has 0 aliphatic carbocycles. The fraction of sp³-hybridized carbons (Fsp3) is 0.381. The number of nitrogens with zero attached hydrogens (tertiary/aromatic N) is 1. The molecule has 1 unspecified atom stereocenters. The van der Waals surface area contributed by atoms with Gasteiger partial charge in [-0.05, 0) is 62.2 Å². The van der Waals surface area contributed by atoms with Crippen LogP contribution in [0.25, 0.3) is 0 Å². The van der Waals surface area contributed by atoms with Gasteiger partial charge in [0.25, 0.3) is 0 Å². The van der Waals surface area contributed by atoms with E-state index in [1.54, 1.807) is 36.4 Å². The number of hydrogen-bond donors (Lipinski definition) is 2. The number of halogens is 2. The van der Waals surface area contributed by atoms with Gasteiger partial charge in [0.15, 0.2) is 0 Å². The van der Waals surface area contributed by atoms with E-state index >= 15 is 0 Å². The highest BCUT2D eigenvalue weighted by Crippen LogP contribution is 2.24. The van der Waals surface area contributed by atoms with Gasteiger partial charge in [-0.2, -0.15) is 0 Å². The van der Waals surface area contributed by atoms with Crippen LogP contribution in [0.3, 0.4) is 0 Å².